The Balaban J connectivity index is 1.63. The van der Waals surface area contributed by atoms with Crippen molar-refractivity contribution < 1.29 is 22.7 Å². The van der Waals surface area contributed by atoms with Gasteiger partial charge < -0.3 is 14.8 Å². The number of anilines is 2. The normalized spacial score (nSPS) is 13.0. The van der Waals surface area contributed by atoms with E-state index in [0.29, 0.717) is 17.0 Å². The zero-order valence-corrected chi connectivity index (χ0v) is 19.4. The molecule has 0 saturated heterocycles. The molecular formula is C25H26N2O5S. The van der Waals surface area contributed by atoms with Crippen LogP contribution in [-0.4, -0.2) is 28.5 Å². The number of aryl methyl sites for hydroxylation is 2. The van der Waals surface area contributed by atoms with Crippen LogP contribution in [0.1, 0.15) is 34.3 Å². The molecule has 0 saturated carbocycles. The monoisotopic (exact) mass is 466 g/mol. The molecule has 172 valence electrons. The van der Waals surface area contributed by atoms with Gasteiger partial charge in [0.25, 0.3) is 15.9 Å². The Morgan fingerprint density at radius 2 is 1.45 bits per heavy atom. The van der Waals surface area contributed by atoms with E-state index in [-0.39, 0.29) is 22.2 Å². The van der Waals surface area contributed by atoms with Gasteiger partial charge in [-0.25, -0.2) is 8.42 Å². The molecule has 0 bridgehead atoms. The molecule has 0 radical (unpaired) electrons. The summed E-state index contributed by atoms with van der Waals surface area (Å²) in [6.07, 6.45) is 4.04. The molecule has 1 aliphatic rings. The van der Waals surface area contributed by atoms with Crippen LogP contribution in [-0.2, 0) is 22.9 Å². The molecule has 7 nitrogen and oxygen atoms in total. The fraction of sp³-hybridized carbons (Fsp3) is 0.240. The van der Waals surface area contributed by atoms with Gasteiger partial charge in [0.2, 0.25) is 0 Å². The van der Waals surface area contributed by atoms with Crippen LogP contribution in [0, 0.1) is 0 Å². The number of nitrogens with one attached hydrogen (secondary N) is 2. The number of ether oxygens (including phenoxy) is 2. The summed E-state index contributed by atoms with van der Waals surface area (Å²) < 4.78 is 39.7. The van der Waals surface area contributed by atoms with E-state index in [9.17, 15) is 13.2 Å². The van der Waals surface area contributed by atoms with Gasteiger partial charge in [0.05, 0.1) is 30.5 Å². The summed E-state index contributed by atoms with van der Waals surface area (Å²) in [5.41, 5.74) is 3.34. The minimum Gasteiger partial charge on any atom is -0.494 e. The van der Waals surface area contributed by atoms with Crippen LogP contribution in [0.5, 0.6) is 11.5 Å². The number of amides is 1. The average Bonchev–Trinajstić information content (AvgIpc) is 2.84. The Bertz CT molecular complexity index is 1270. The number of methoxy groups -OCH3 is 2. The van der Waals surface area contributed by atoms with E-state index in [1.54, 1.807) is 36.4 Å². The van der Waals surface area contributed by atoms with E-state index >= 15 is 0 Å². The summed E-state index contributed by atoms with van der Waals surface area (Å²) in [7, 11) is -0.978. The number of sulfonamides is 1. The topological polar surface area (TPSA) is 93.7 Å². The number of benzene rings is 3. The summed E-state index contributed by atoms with van der Waals surface area (Å²) in [5.74, 6) is 0.224. The molecule has 33 heavy (non-hydrogen) atoms. The van der Waals surface area contributed by atoms with Crippen molar-refractivity contribution in [2.45, 2.75) is 30.6 Å². The number of rotatable bonds is 7. The van der Waals surface area contributed by atoms with Crippen molar-refractivity contribution in [3.63, 3.8) is 0 Å². The Kier molecular flexibility index (Phi) is 6.55. The molecule has 1 amide bonds. The largest absolute Gasteiger partial charge is 0.494 e. The molecule has 0 unspecified atom stereocenters. The lowest BCUT2D eigenvalue weighted by atomic mass is 9.92. The predicted molar refractivity (Wildman–Crippen MR) is 128 cm³/mol. The third-order valence-corrected chi connectivity index (χ3v) is 7.04. The maximum absolute atomic E-state index is 13.1. The summed E-state index contributed by atoms with van der Waals surface area (Å²) in [6, 6.07) is 17.0. The van der Waals surface area contributed by atoms with Crippen LogP contribution in [0.25, 0.3) is 0 Å². The van der Waals surface area contributed by atoms with Crippen LogP contribution in [0.3, 0.4) is 0 Å². The molecule has 0 aliphatic heterocycles. The minimum absolute atomic E-state index is 0.200. The van der Waals surface area contributed by atoms with E-state index in [2.05, 4.69) is 10.0 Å². The molecular weight excluding hydrogens is 440 g/mol. The van der Waals surface area contributed by atoms with Crippen LogP contribution >= 0.6 is 0 Å². The molecule has 0 atom stereocenters. The second-order valence-corrected chi connectivity index (χ2v) is 9.50. The van der Waals surface area contributed by atoms with Gasteiger partial charge in [-0.1, -0.05) is 24.3 Å². The molecule has 3 aromatic carbocycles. The Morgan fingerprint density at radius 3 is 2.15 bits per heavy atom. The second-order valence-electron chi connectivity index (χ2n) is 7.82. The lowest BCUT2D eigenvalue weighted by Crippen LogP contribution is -2.16. The zero-order valence-electron chi connectivity index (χ0n) is 18.6. The smallest absolute Gasteiger partial charge is 0.262 e. The molecule has 0 heterocycles. The third kappa shape index (κ3) is 4.96. The second kappa shape index (κ2) is 9.54. The highest BCUT2D eigenvalue weighted by molar-refractivity contribution is 7.92. The first kappa shape index (κ1) is 22.7. The average molecular weight is 467 g/mol. The van der Waals surface area contributed by atoms with Gasteiger partial charge >= 0.3 is 0 Å². The number of hydrogen-bond acceptors (Lipinski definition) is 5. The fourth-order valence-electron chi connectivity index (χ4n) is 3.94. The van der Waals surface area contributed by atoms with Gasteiger partial charge in [-0.3, -0.25) is 9.52 Å². The van der Waals surface area contributed by atoms with Crippen LogP contribution < -0.4 is 19.5 Å². The zero-order chi connectivity index (χ0) is 23.4. The highest BCUT2D eigenvalue weighted by Gasteiger charge is 2.21. The number of carbonyl (C=O) groups excluding carboxylic acids is 1. The molecule has 0 spiro atoms. The minimum atomic E-state index is -3.86. The predicted octanol–water partition coefficient (Wildman–Crippen LogP) is 4.64. The summed E-state index contributed by atoms with van der Waals surface area (Å²) >= 11 is 0. The quantitative estimate of drug-likeness (QED) is 0.529. The van der Waals surface area contributed by atoms with Gasteiger partial charge in [-0.05, 0) is 61.1 Å². The summed E-state index contributed by atoms with van der Waals surface area (Å²) in [4.78, 5) is 12.8. The first-order valence-electron chi connectivity index (χ1n) is 10.7. The summed E-state index contributed by atoms with van der Waals surface area (Å²) in [6.45, 7) is 0. The lowest BCUT2D eigenvalue weighted by molar-refractivity contribution is 0.102. The van der Waals surface area contributed by atoms with Gasteiger partial charge in [-0.15, -0.1) is 0 Å². The molecule has 0 fully saturated rings. The van der Waals surface area contributed by atoms with E-state index < -0.39 is 10.0 Å². The van der Waals surface area contributed by atoms with Crippen LogP contribution in [0.15, 0.2) is 65.6 Å². The van der Waals surface area contributed by atoms with Crippen LogP contribution in [0.2, 0.25) is 0 Å². The van der Waals surface area contributed by atoms with E-state index in [1.165, 1.54) is 31.9 Å². The van der Waals surface area contributed by atoms with E-state index in [0.717, 1.165) is 31.2 Å². The van der Waals surface area contributed by atoms with Crippen molar-refractivity contribution in [1.29, 1.82) is 0 Å². The molecule has 0 aromatic heterocycles. The molecule has 1 aliphatic carbocycles. The van der Waals surface area contributed by atoms with Crippen molar-refractivity contribution >= 4 is 27.3 Å². The highest BCUT2D eigenvalue weighted by atomic mass is 32.2. The first-order chi connectivity index (χ1) is 15.9. The van der Waals surface area contributed by atoms with Crippen molar-refractivity contribution in [2.75, 3.05) is 24.3 Å². The number of carbonyl (C=O) groups is 1. The SMILES string of the molecule is COc1cc(NS(=O)(=O)c2ccc3c(c2)CCCC3)c(OC)cc1NC(=O)c1ccccc1. The molecule has 2 N–H and O–H groups in total. The Labute approximate surface area is 193 Å². The van der Waals surface area contributed by atoms with E-state index in [1.807, 2.05) is 12.1 Å². The molecule has 3 aromatic rings. The highest BCUT2D eigenvalue weighted by Crippen LogP contribution is 2.38. The van der Waals surface area contributed by atoms with Gasteiger partial charge in [0.15, 0.2) is 0 Å². The Hall–Kier alpha value is -3.52. The van der Waals surface area contributed by atoms with Crippen molar-refractivity contribution in [2.24, 2.45) is 0 Å². The van der Waals surface area contributed by atoms with Crippen molar-refractivity contribution in [3.05, 3.63) is 77.4 Å². The van der Waals surface area contributed by atoms with Gasteiger partial charge in [0, 0.05) is 17.7 Å². The fourth-order valence-corrected chi connectivity index (χ4v) is 5.05. The third-order valence-electron chi connectivity index (χ3n) is 5.68. The van der Waals surface area contributed by atoms with Crippen molar-refractivity contribution in [3.8, 4) is 11.5 Å². The lowest BCUT2D eigenvalue weighted by Gasteiger charge is -2.19. The maximum Gasteiger partial charge on any atom is 0.262 e. The standard InChI is InChI=1S/C25H26N2O5S/c1-31-23-16-22(24(32-2)15-21(23)26-25(28)18-9-4-3-5-10-18)27-33(29,30)20-13-12-17-8-6-7-11-19(17)14-20/h3-5,9-10,12-16,27H,6-8,11H2,1-2H3,(H,26,28). The number of hydrogen-bond donors (Lipinski definition) is 2. The first-order valence-corrected chi connectivity index (χ1v) is 12.2. The van der Waals surface area contributed by atoms with Crippen molar-refractivity contribution in [1.82, 2.24) is 0 Å². The molecule has 8 heteroatoms. The van der Waals surface area contributed by atoms with Gasteiger partial charge in [0.1, 0.15) is 11.5 Å². The maximum atomic E-state index is 13.1. The van der Waals surface area contributed by atoms with Gasteiger partial charge in [-0.2, -0.15) is 0 Å². The Morgan fingerprint density at radius 1 is 0.818 bits per heavy atom. The molecule has 4 rings (SSSR count). The van der Waals surface area contributed by atoms with Crippen LogP contribution in [0.4, 0.5) is 11.4 Å². The number of fused-ring (bicyclic) bond motifs is 1. The summed E-state index contributed by atoms with van der Waals surface area (Å²) in [5, 5.41) is 2.79. The van der Waals surface area contributed by atoms with E-state index in [4.69, 9.17) is 9.47 Å².